The van der Waals surface area contributed by atoms with E-state index in [4.69, 9.17) is 0 Å². The molecule has 0 radical (unpaired) electrons. The normalized spacial score (nSPS) is 18.5. The molecule has 3 rings (SSSR count). The van der Waals surface area contributed by atoms with E-state index in [-0.39, 0.29) is 0 Å². The van der Waals surface area contributed by atoms with Gasteiger partial charge in [0.15, 0.2) is 0 Å². The Kier molecular flexibility index (Phi) is 5.10. The number of fused-ring (bicyclic) bond motifs is 1. The fraction of sp³-hybridized carbons (Fsp3) is 0.474. The van der Waals surface area contributed by atoms with Crippen LogP contribution < -0.4 is 0 Å². The Morgan fingerprint density at radius 2 is 1.90 bits per heavy atom. The van der Waals surface area contributed by atoms with Gasteiger partial charge in [-0.05, 0) is 74.7 Å². The molecule has 0 N–H and O–H groups in total. The second-order valence-corrected chi connectivity index (χ2v) is 7.17. The summed E-state index contributed by atoms with van der Waals surface area (Å²) in [6.07, 6.45) is 7.66. The lowest BCUT2D eigenvalue weighted by atomic mass is 10.1. The zero-order valence-electron chi connectivity index (χ0n) is 12.9. The largest absolute Gasteiger partial charge is 0.303 e. The summed E-state index contributed by atoms with van der Waals surface area (Å²) in [7, 11) is 2.31. The van der Waals surface area contributed by atoms with Crippen LogP contribution in [-0.4, -0.2) is 24.5 Å². The van der Waals surface area contributed by atoms with E-state index < -0.39 is 0 Å². The zero-order chi connectivity index (χ0) is 14.5. The first-order valence-electron chi connectivity index (χ1n) is 8.12. The number of benzene rings is 1. The summed E-state index contributed by atoms with van der Waals surface area (Å²) < 4.78 is 0. The predicted molar refractivity (Wildman–Crippen MR) is 92.1 cm³/mol. The summed E-state index contributed by atoms with van der Waals surface area (Å²) in [6.45, 7) is 1.22. The number of hydrogen-bond acceptors (Lipinski definition) is 2. The number of aryl methyl sites for hydroxylation is 3. The smallest absolute Gasteiger partial charge is 0.00988 e. The van der Waals surface area contributed by atoms with Crippen molar-refractivity contribution in [2.75, 3.05) is 13.6 Å². The number of nitrogens with zero attached hydrogens (tertiary/aromatic N) is 1. The van der Waals surface area contributed by atoms with Crippen LogP contribution in [0.25, 0.3) is 0 Å². The van der Waals surface area contributed by atoms with Gasteiger partial charge in [-0.3, -0.25) is 0 Å². The zero-order valence-corrected chi connectivity index (χ0v) is 13.7. The lowest BCUT2D eigenvalue weighted by Gasteiger charge is -2.27. The molecule has 21 heavy (non-hydrogen) atoms. The highest BCUT2D eigenvalue weighted by molar-refractivity contribution is 7.10. The van der Waals surface area contributed by atoms with Crippen molar-refractivity contribution in [3.8, 4) is 0 Å². The van der Waals surface area contributed by atoms with Gasteiger partial charge in [-0.15, -0.1) is 11.3 Å². The first kappa shape index (κ1) is 14.8. The van der Waals surface area contributed by atoms with Crippen molar-refractivity contribution in [1.29, 1.82) is 0 Å². The average molecular weight is 299 g/mol. The Bertz CT molecular complexity index is 523. The van der Waals surface area contributed by atoms with Crippen LogP contribution in [0.1, 0.15) is 35.3 Å². The summed E-state index contributed by atoms with van der Waals surface area (Å²) in [5.74, 6) is 0. The minimum Gasteiger partial charge on any atom is -0.303 e. The first-order chi connectivity index (χ1) is 10.3. The molecule has 0 amide bonds. The lowest BCUT2D eigenvalue weighted by Crippen LogP contribution is -2.33. The summed E-state index contributed by atoms with van der Waals surface area (Å²) in [4.78, 5) is 4.23. The molecule has 1 heterocycles. The van der Waals surface area contributed by atoms with Crippen molar-refractivity contribution >= 4 is 11.3 Å². The van der Waals surface area contributed by atoms with E-state index in [0.717, 1.165) is 6.04 Å². The molecule has 0 saturated heterocycles. The van der Waals surface area contributed by atoms with Crippen molar-refractivity contribution in [2.24, 2.45) is 0 Å². The van der Waals surface area contributed by atoms with Gasteiger partial charge in [0.2, 0.25) is 0 Å². The van der Waals surface area contributed by atoms with Crippen LogP contribution in [0.3, 0.4) is 0 Å². The molecule has 1 unspecified atom stereocenters. The van der Waals surface area contributed by atoms with Gasteiger partial charge in [0.05, 0.1) is 0 Å². The van der Waals surface area contributed by atoms with Crippen LogP contribution in [-0.2, 0) is 19.3 Å². The molecule has 1 nitrogen and oxygen atoms in total. The van der Waals surface area contributed by atoms with Crippen molar-refractivity contribution in [2.45, 2.75) is 44.6 Å². The third kappa shape index (κ3) is 3.96. The third-order valence-corrected chi connectivity index (χ3v) is 5.75. The van der Waals surface area contributed by atoms with E-state index in [1.165, 1.54) is 50.6 Å². The highest BCUT2D eigenvalue weighted by Gasteiger charge is 2.19. The Balaban J connectivity index is 1.45. The molecule has 1 aliphatic carbocycles. The Hall–Kier alpha value is -1.12. The van der Waals surface area contributed by atoms with Crippen LogP contribution in [0.5, 0.6) is 0 Å². The van der Waals surface area contributed by atoms with Gasteiger partial charge >= 0.3 is 0 Å². The lowest BCUT2D eigenvalue weighted by molar-refractivity contribution is 0.220. The van der Waals surface area contributed by atoms with E-state index >= 15 is 0 Å². The van der Waals surface area contributed by atoms with Crippen molar-refractivity contribution in [3.63, 3.8) is 0 Å². The molecule has 112 valence electrons. The average Bonchev–Trinajstić information content (AvgIpc) is 2.87. The van der Waals surface area contributed by atoms with Gasteiger partial charge in [0, 0.05) is 10.9 Å². The molecule has 0 saturated carbocycles. The second kappa shape index (κ2) is 7.24. The molecule has 0 spiro atoms. The summed E-state index contributed by atoms with van der Waals surface area (Å²) in [6, 6.07) is 14.0. The first-order valence-corrected chi connectivity index (χ1v) is 9.00. The van der Waals surface area contributed by atoms with Crippen LogP contribution in [0.2, 0.25) is 0 Å². The fourth-order valence-electron chi connectivity index (χ4n) is 3.37. The maximum atomic E-state index is 2.60. The minimum atomic E-state index is 0.764. The molecule has 1 aromatic carbocycles. The number of thiophene rings is 1. The summed E-state index contributed by atoms with van der Waals surface area (Å²) in [5.41, 5.74) is 3.08. The molecular weight excluding hydrogens is 274 g/mol. The van der Waals surface area contributed by atoms with Crippen LogP contribution in [0.15, 0.2) is 41.8 Å². The third-order valence-electron chi connectivity index (χ3n) is 4.73. The molecule has 0 bridgehead atoms. The Labute approximate surface area is 132 Å². The van der Waals surface area contributed by atoms with Gasteiger partial charge in [0.1, 0.15) is 0 Å². The van der Waals surface area contributed by atoms with Gasteiger partial charge in [-0.1, -0.05) is 30.3 Å². The topological polar surface area (TPSA) is 3.24 Å². The van der Waals surface area contributed by atoms with E-state index in [9.17, 15) is 0 Å². The Morgan fingerprint density at radius 3 is 2.76 bits per heavy atom. The fourth-order valence-corrected chi connectivity index (χ4v) is 4.33. The monoisotopic (exact) mass is 299 g/mol. The standard InChI is InChI=1S/C19H25NS/c1-20(14-5-8-16-6-3-2-4-7-16)18-10-9-17-13-15-21-19(17)12-11-18/h2-4,6-7,13,15,18H,5,8-12,14H2,1H3. The van der Waals surface area contributed by atoms with E-state index in [1.807, 2.05) is 11.3 Å². The SMILES string of the molecule is CN(CCCc1ccccc1)C1CCc2ccsc2CC1. The van der Waals surface area contributed by atoms with Gasteiger partial charge in [-0.25, -0.2) is 0 Å². The molecule has 0 aliphatic heterocycles. The van der Waals surface area contributed by atoms with Crippen LogP contribution in [0.4, 0.5) is 0 Å². The number of rotatable bonds is 5. The number of hydrogen-bond donors (Lipinski definition) is 0. The van der Waals surface area contributed by atoms with E-state index in [2.05, 4.69) is 53.7 Å². The maximum absolute atomic E-state index is 2.60. The summed E-state index contributed by atoms with van der Waals surface area (Å²) in [5, 5.41) is 2.26. The molecular formula is C19H25NS. The van der Waals surface area contributed by atoms with Crippen molar-refractivity contribution in [1.82, 2.24) is 4.90 Å². The maximum Gasteiger partial charge on any atom is 0.00988 e. The molecule has 2 aromatic rings. The Morgan fingerprint density at radius 1 is 1.10 bits per heavy atom. The van der Waals surface area contributed by atoms with Crippen molar-refractivity contribution in [3.05, 3.63) is 57.8 Å². The molecule has 1 aliphatic rings. The van der Waals surface area contributed by atoms with E-state index in [0.29, 0.717) is 0 Å². The molecule has 1 aromatic heterocycles. The van der Waals surface area contributed by atoms with Gasteiger partial charge in [0.25, 0.3) is 0 Å². The highest BCUT2D eigenvalue weighted by Crippen LogP contribution is 2.27. The van der Waals surface area contributed by atoms with E-state index in [1.54, 1.807) is 10.4 Å². The second-order valence-electron chi connectivity index (χ2n) is 6.17. The summed E-state index contributed by atoms with van der Waals surface area (Å²) >= 11 is 1.95. The minimum absolute atomic E-state index is 0.764. The molecule has 1 atom stereocenters. The van der Waals surface area contributed by atoms with Crippen molar-refractivity contribution < 1.29 is 0 Å². The van der Waals surface area contributed by atoms with Crippen LogP contribution >= 0.6 is 11.3 Å². The predicted octanol–water partition coefficient (Wildman–Crippen LogP) is 4.56. The van der Waals surface area contributed by atoms with Crippen LogP contribution in [0, 0.1) is 0 Å². The highest BCUT2D eigenvalue weighted by atomic mass is 32.1. The van der Waals surface area contributed by atoms with Gasteiger partial charge in [-0.2, -0.15) is 0 Å². The molecule has 0 fully saturated rings. The van der Waals surface area contributed by atoms with Gasteiger partial charge < -0.3 is 4.90 Å². The molecule has 2 heteroatoms. The quantitative estimate of drug-likeness (QED) is 0.732.